The average Bonchev–Trinajstić information content (AvgIpc) is 3.01. The van der Waals surface area contributed by atoms with Crippen LogP contribution < -0.4 is 9.47 Å². The number of hydrogen-bond acceptors (Lipinski definition) is 5. The van der Waals surface area contributed by atoms with Crippen molar-refractivity contribution in [2.45, 2.75) is 39.8 Å². The summed E-state index contributed by atoms with van der Waals surface area (Å²) < 4.78 is 11.6. The number of ether oxygens (including phenoxy) is 2. The Kier molecular flexibility index (Phi) is 7.92. The van der Waals surface area contributed by atoms with E-state index in [0.717, 1.165) is 17.3 Å². The van der Waals surface area contributed by atoms with Crippen molar-refractivity contribution < 1.29 is 19.1 Å². The van der Waals surface area contributed by atoms with Gasteiger partial charge in [0.15, 0.2) is 11.5 Å². The Hall–Kier alpha value is -2.15. The fourth-order valence-corrected chi connectivity index (χ4v) is 4.43. The number of thioether (sulfide) groups is 1. The molecule has 0 bridgehead atoms. The van der Waals surface area contributed by atoms with Crippen LogP contribution in [0.5, 0.6) is 11.5 Å². The largest absolute Gasteiger partial charge is 0.490 e. The van der Waals surface area contributed by atoms with Gasteiger partial charge < -0.3 is 9.47 Å². The molecule has 1 aliphatic rings. The SMILES string of the molecule is CCOc1cc(/C=C2/SC(=O)N([C@@H](C)CC)C2=O)cc(Cl)c1OCc1ccccc1Cl. The monoisotopic (exact) mass is 479 g/mol. The molecule has 1 atom stereocenters. The standard InChI is InChI=1S/C23H23Cl2NO4S/c1-4-14(3)26-22(27)20(31-23(26)28)12-15-10-18(25)21(19(11-15)29-5-2)30-13-16-8-6-7-9-17(16)24/h6-12,14H,4-5,13H2,1-3H3/b20-12+/t14-/m0/s1. The fraction of sp³-hybridized carbons (Fsp3) is 0.304. The van der Waals surface area contributed by atoms with Gasteiger partial charge in [-0.1, -0.05) is 48.3 Å². The first-order valence-corrected chi connectivity index (χ1v) is 11.5. The van der Waals surface area contributed by atoms with E-state index in [1.807, 2.05) is 39.0 Å². The molecule has 0 N–H and O–H groups in total. The molecule has 0 aromatic heterocycles. The van der Waals surface area contributed by atoms with Crippen molar-refractivity contribution in [1.29, 1.82) is 0 Å². The minimum absolute atomic E-state index is 0.151. The van der Waals surface area contributed by atoms with Crippen LogP contribution in [0.4, 0.5) is 4.79 Å². The second kappa shape index (κ2) is 10.4. The van der Waals surface area contributed by atoms with Gasteiger partial charge in [-0.05, 0) is 61.9 Å². The highest BCUT2D eigenvalue weighted by Crippen LogP contribution is 2.40. The Bertz CT molecular complexity index is 1020. The molecule has 0 radical (unpaired) electrons. The minimum Gasteiger partial charge on any atom is -0.490 e. The number of carbonyl (C=O) groups excluding carboxylic acids is 2. The highest BCUT2D eigenvalue weighted by Gasteiger charge is 2.37. The van der Waals surface area contributed by atoms with Crippen LogP contribution >= 0.6 is 35.0 Å². The third-order valence-electron chi connectivity index (χ3n) is 4.81. The first-order chi connectivity index (χ1) is 14.8. The third kappa shape index (κ3) is 5.37. The number of rotatable bonds is 8. The molecule has 8 heteroatoms. The van der Waals surface area contributed by atoms with Gasteiger partial charge in [0.25, 0.3) is 11.1 Å². The molecular weight excluding hydrogens is 457 g/mol. The normalized spacial score (nSPS) is 16.2. The van der Waals surface area contributed by atoms with E-state index in [-0.39, 0.29) is 23.8 Å². The highest BCUT2D eigenvalue weighted by molar-refractivity contribution is 8.18. The number of carbonyl (C=O) groups is 2. The quantitative estimate of drug-likeness (QED) is 0.389. The lowest BCUT2D eigenvalue weighted by Crippen LogP contribution is -2.36. The van der Waals surface area contributed by atoms with Crippen molar-refractivity contribution in [3.8, 4) is 11.5 Å². The molecular formula is C23H23Cl2NO4S. The number of amides is 2. The molecule has 1 fully saturated rings. The molecule has 2 aromatic carbocycles. The summed E-state index contributed by atoms with van der Waals surface area (Å²) in [6.07, 6.45) is 2.35. The van der Waals surface area contributed by atoms with E-state index in [0.29, 0.717) is 45.0 Å². The molecule has 3 rings (SSSR count). The van der Waals surface area contributed by atoms with Crippen molar-refractivity contribution in [2.75, 3.05) is 6.61 Å². The Labute approximate surface area is 196 Å². The molecule has 1 saturated heterocycles. The molecule has 164 valence electrons. The number of halogens is 2. The van der Waals surface area contributed by atoms with Gasteiger partial charge >= 0.3 is 0 Å². The molecule has 31 heavy (non-hydrogen) atoms. The lowest BCUT2D eigenvalue weighted by Gasteiger charge is -2.19. The second-order valence-electron chi connectivity index (χ2n) is 6.95. The lowest BCUT2D eigenvalue weighted by molar-refractivity contribution is -0.124. The molecule has 1 heterocycles. The molecule has 0 unspecified atom stereocenters. The summed E-state index contributed by atoms with van der Waals surface area (Å²) in [5.41, 5.74) is 1.47. The van der Waals surface area contributed by atoms with Crippen LogP contribution in [0.3, 0.4) is 0 Å². The van der Waals surface area contributed by atoms with Crippen LogP contribution in [0.2, 0.25) is 10.0 Å². The Morgan fingerprint density at radius 2 is 1.84 bits per heavy atom. The van der Waals surface area contributed by atoms with E-state index in [1.165, 1.54) is 4.90 Å². The van der Waals surface area contributed by atoms with Gasteiger partial charge in [-0.15, -0.1) is 0 Å². The first-order valence-electron chi connectivity index (χ1n) is 9.95. The van der Waals surface area contributed by atoms with E-state index in [2.05, 4.69) is 0 Å². The van der Waals surface area contributed by atoms with E-state index < -0.39 is 0 Å². The third-order valence-corrected chi connectivity index (χ3v) is 6.35. The van der Waals surface area contributed by atoms with Crippen LogP contribution in [0.1, 0.15) is 38.3 Å². The predicted octanol–water partition coefficient (Wildman–Crippen LogP) is 6.81. The number of nitrogens with zero attached hydrogens (tertiary/aromatic N) is 1. The first kappa shape index (κ1) is 23.5. The zero-order valence-corrected chi connectivity index (χ0v) is 19.8. The summed E-state index contributed by atoms with van der Waals surface area (Å²) in [5, 5.41) is 0.678. The highest BCUT2D eigenvalue weighted by atomic mass is 35.5. The summed E-state index contributed by atoms with van der Waals surface area (Å²) in [7, 11) is 0. The smallest absolute Gasteiger partial charge is 0.293 e. The van der Waals surface area contributed by atoms with Crippen molar-refractivity contribution in [1.82, 2.24) is 4.90 Å². The van der Waals surface area contributed by atoms with Crippen LogP contribution in [0, 0.1) is 0 Å². The summed E-state index contributed by atoms with van der Waals surface area (Å²) in [5.74, 6) is 0.556. The zero-order valence-electron chi connectivity index (χ0n) is 17.5. The van der Waals surface area contributed by atoms with Gasteiger partial charge in [-0.25, -0.2) is 0 Å². The van der Waals surface area contributed by atoms with Crippen molar-refractivity contribution >= 4 is 52.2 Å². The van der Waals surface area contributed by atoms with Crippen LogP contribution in [0.25, 0.3) is 6.08 Å². The van der Waals surface area contributed by atoms with E-state index in [9.17, 15) is 9.59 Å². The van der Waals surface area contributed by atoms with Gasteiger partial charge in [0.05, 0.1) is 16.5 Å². The summed E-state index contributed by atoms with van der Waals surface area (Å²) in [6.45, 7) is 6.29. The van der Waals surface area contributed by atoms with Gasteiger partial charge in [0, 0.05) is 16.6 Å². The maximum absolute atomic E-state index is 12.7. The van der Waals surface area contributed by atoms with Crippen LogP contribution in [-0.2, 0) is 11.4 Å². The summed E-state index contributed by atoms with van der Waals surface area (Å²) in [6, 6.07) is 10.7. The average molecular weight is 480 g/mol. The summed E-state index contributed by atoms with van der Waals surface area (Å²) in [4.78, 5) is 26.6. The molecule has 0 saturated carbocycles. The molecule has 2 aromatic rings. The van der Waals surface area contributed by atoms with Crippen LogP contribution in [-0.4, -0.2) is 28.7 Å². The Balaban J connectivity index is 1.88. The predicted molar refractivity (Wildman–Crippen MR) is 126 cm³/mol. The van der Waals surface area contributed by atoms with Crippen molar-refractivity contribution in [3.63, 3.8) is 0 Å². The molecule has 0 spiro atoms. The Morgan fingerprint density at radius 3 is 2.52 bits per heavy atom. The molecule has 5 nitrogen and oxygen atoms in total. The fourth-order valence-electron chi connectivity index (χ4n) is 3.03. The second-order valence-corrected chi connectivity index (χ2v) is 8.76. The molecule has 1 aliphatic heterocycles. The van der Waals surface area contributed by atoms with E-state index >= 15 is 0 Å². The Morgan fingerprint density at radius 1 is 1.10 bits per heavy atom. The van der Waals surface area contributed by atoms with Gasteiger partial charge in [-0.3, -0.25) is 14.5 Å². The van der Waals surface area contributed by atoms with E-state index in [1.54, 1.807) is 24.3 Å². The van der Waals surface area contributed by atoms with Crippen molar-refractivity contribution in [3.05, 3.63) is 62.5 Å². The topological polar surface area (TPSA) is 55.8 Å². The lowest BCUT2D eigenvalue weighted by atomic mass is 10.1. The summed E-state index contributed by atoms with van der Waals surface area (Å²) >= 11 is 13.6. The minimum atomic E-state index is -0.294. The van der Waals surface area contributed by atoms with Gasteiger partial charge in [0.2, 0.25) is 0 Å². The maximum atomic E-state index is 12.7. The zero-order chi connectivity index (χ0) is 22.5. The molecule has 2 amide bonds. The van der Waals surface area contributed by atoms with E-state index in [4.69, 9.17) is 32.7 Å². The van der Waals surface area contributed by atoms with Crippen LogP contribution in [0.15, 0.2) is 41.3 Å². The number of benzene rings is 2. The van der Waals surface area contributed by atoms with Gasteiger partial charge in [0.1, 0.15) is 6.61 Å². The van der Waals surface area contributed by atoms with Gasteiger partial charge in [-0.2, -0.15) is 0 Å². The van der Waals surface area contributed by atoms with Crippen molar-refractivity contribution in [2.24, 2.45) is 0 Å². The number of hydrogen-bond donors (Lipinski definition) is 0. The number of imide groups is 1. The maximum Gasteiger partial charge on any atom is 0.293 e. The molecule has 0 aliphatic carbocycles.